The van der Waals surface area contributed by atoms with Crippen LogP contribution in [-0.4, -0.2) is 57.3 Å². The SMILES string of the molecule is COc1ccc(N2CCN(C3CNC3)CC2)cc1.Cl. The third-order valence-corrected chi connectivity index (χ3v) is 4.03. The molecule has 19 heavy (non-hydrogen) atoms. The number of nitrogens with one attached hydrogen (secondary N) is 1. The van der Waals surface area contributed by atoms with E-state index < -0.39 is 0 Å². The third kappa shape index (κ3) is 3.14. The Morgan fingerprint density at radius 2 is 1.68 bits per heavy atom. The van der Waals surface area contributed by atoms with Gasteiger partial charge in [0.2, 0.25) is 0 Å². The van der Waals surface area contributed by atoms with Gasteiger partial charge in [-0.05, 0) is 24.3 Å². The summed E-state index contributed by atoms with van der Waals surface area (Å²) in [5, 5.41) is 3.34. The zero-order valence-corrected chi connectivity index (χ0v) is 12.2. The molecule has 4 nitrogen and oxygen atoms in total. The van der Waals surface area contributed by atoms with Gasteiger partial charge in [0.25, 0.3) is 0 Å². The number of hydrogen-bond donors (Lipinski definition) is 1. The van der Waals surface area contributed by atoms with Crippen molar-refractivity contribution in [2.75, 3.05) is 51.3 Å². The highest BCUT2D eigenvalue weighted by atomic mass is 35.5. The molecule has 0 radical (unpaired) electrons. The molecule has 0 unspecified atom stereocenters. The fourth-order valence-corrected chi connectivity index (χ4v) is 2.67. The van der Waals surface area contributed by atoms with Crippen LogP contribution in [0.3, 0.4) is 0 Å². The highest BCUT2D eigenvalue weighted by Gasteiger charge is 2.27. The molecule has 0 bridgehead atoms. The van der Waals surface area contributed by atoms with Crippen molar-refractivity contribution >= 4 is 18.1 Å². The van der Waals surface area contributed by atoms with Crippen molar-refractivity contribution in [1.82, 2.24) is 10.2 Å². The Kier molecular flexibility index (Phi) is 4.91. The van der Waals surface area contributed by atoms with Gasteiger partial charge in [-0.2, -0.15) is 0 Å². The van der Waals surface area contributed by atoms with Crippen molar-refractivity contribution in [3.63, 3.8) is 0 Å². The van der Waals surface area contributed by atoms with Crippen molar-refractivity contribution in [3.8, 4) is 5.75 Å². The molecule has 2 heterocycles. The minimum Gasteiger partial charge on any atom is -0.497 e. The molecule has 0 saturated carbocycles. The summed E-state index contributed by atoms with van der Waals surface area (Å²) < 4.78 is 5.19. The first kappa shape index (κ1) is 14.4. The molecular formula is C14H22ClN3O. The zero-order valence-electron chi connectivity index (χ0n) is 11.3. The van der Waals surface area contributed by atoms with E-state index in [2.05, 4.69) is 27.2 Å². The monoisotopic (exact) mass is 283 g/mol. The molecule has 0 amide bonds. The van der Waals surface area contributed by atoms with E-state index in [-0.39, 0.29) is 12.4 Å². The van der Waals surface area contributed by atoms with Gasteiger partial charge in [-0.15, -0.1) is 12.4 Å². The predicted octanol–water partition coefficient (Wildman–Crippen LogP) is 1.21. The molecular weight excluding hydrogens is 262 g/mol. The average Bonchev–Trinajstić information content (AvgIpc) is 2.38. The van der Waals surface area contributed by atoms with Crippen LogP contribution in [-0.2, 0) is 0 Å². The molecule has 0 spiro atoms. The summed E-state index contributed by atoms with van der Waals surface area (Å²) in [5.74, 6) is 0.929. The van der Waals surface area contributed by atoms with E-state index in [0.717, 1.165) is 24.9 Å². The number of methoxy groups -OCH3 is 1. The Hall–Kier alpha value is -0.970. The lowest BCUT2D eigenvalue weighted by molar-refractivity contribution is 0.138. The van der Waals surface area contributed by atoms with Crippen molar-refractivity contribution in [1.29, 1.82) is 0 Å². The predicted molar refractivity (Wildman–Crippen MR) is 80.7 cm³/mol. The molecule has 1 aromatic rings. The summed E-state index contributed by atoms with van der Waals surface area (Å²) in [6.45, 7) is 6.95. The van der Waals surface area contributed by atoms with Crippen molar-refractivity contribution in [3.05, 3.63) is 24.3 Å². The number of rotatable bonds is 3. The molecule has 1 aromatic carbocycles. The van der Waals surface area contributed by atoms with Gasteiger partial charge < -0.3 is 15.0 Å². The van der Waals surface area contributed by atoms with E-state index in [0.29, 0.717) is 0 Å². The molecule has 5 heteroatoms. The third-order valence-electron chi connectivity index (χ3n) is 4.03. The van der Waals surface area contributed by atoms with E-state index in [4.69, 9.17) is 4.74 Å². The zero-order chi connectivity index (χ0) is 12.4. The van der Waals surface area contributed by atoms with Gasteiger partial charge in [0, 0.05) is 51.0 Å². The highest BCUT2D eigenvalue weighted by Crippen LogP contribution is 2.21. The lowest BCUT2D eigenvalue weighted by Gasteiger charge is -2.43. The van der Waals surface area contributed by atoms with E-state index in [1.54, 1.807) is 7.11 Å². The second-order valence-electron chi connectivity index (χ2n) is 5.03. The molecule has 0 aromatic heterocycles. The van der Waals surface area contributed by atoms with Crippen LogP contribution >= 0.6 is 12.4 Å². The Labute approximate surface area is 121 Å². The molecule has 2 aliphatic heterocycles. The maximum atomic E-state index is 5.19. The van der Waals surface area contributed by atoms with Crippen molar-refractivity contribution < 1.29 is 4.74 Å². The summed E-state index contributed by atoms with van der Waals surface area (Å²) in [6, 6.07) is 9.16. The Balaban J connectivity index is 0.00000133. The molecule has 2 aliphatic rings. The van der Waals surface area contributed by atoms with Crippen LogP contribution in [0.25, 0.3) is 0 Å². The number of benzene rings is 1. The smallest absolute Gasteiger partial charge is 0.119 e. The molecule has 1 N–H and O–H groups in total. The summed E-state index contributed by atoms with van der Waals surface area (Å²) in [4.78, 5) is 5.07. The van der Waals surface area contributed by atoms with Crippen LogP contribution in [0.5, 0.6) is 5.75 Å². The molecule has 2 saturated heterocycles. The molecule has 0 atom stereocenters. The minimum atomic E-state index is 0. The number of piperazine rings is 1. The van der Waals surface area contributed by atoms with Crippen LogP contribution in [0.4, 0.5) is 5.69 Å². The number of halogens is 1. The van der Waals surface area contributed by atoms with Crippen LogP contribution in [0, 0.1) is 0 Å². The molecule has 0 aliphatic carbocycles. The highest BCUT2D eigenvalue weighted by molar-refractivity contribution is 5.85. The van der Waals surface area contributed by atoms with Crippen LogP contribution in [0.2, 0.25) is 0 Å². The minimum absolute atomic E-state index is 0. The van der Waals surface area contributed by atoms with E-state index in [1.807, 2.05) is 12.1 Å². The van der Waals surface area contributed by atoms with E-state index in [9.17, 15) is 0 Å². The Morgan fingerprint density at radius 3 is 2.16 bits per heavy atom. The normalized spacial score (nSPS) is 20.6. The maximum absolute atomic E-state index is 5.19. The van der Waals surface area contributed by atoms with Crippen LogP contribution < -0.4 is 15.0 Å². The number of anilines is 1. The first-order valence-corrected chi connectivity index (χ1v) is 6.70. The number of nitrogens with zero attached hydrogens (tertiary/aromatic N) is 2. The van der Waals surface area contributed by atoms with Gasteiger partial charge in [0.15, 0.2) is 0 Å². The first-order chi connectivity index (χ1) is 8.86. The summed E-state index contributed by atoms with van der Waals surface area (Å²) in [5.41, 5.74) is 1.31. The largest absolute Gasteiger partial charge is 0.497 e. The molecule has 106 valence electrons. The van der Waals surface area contributed by atoms with Crippen LogP contribution in [0.15, 0.2) is 24.3 Å². The van der Waals surface area contributed by atoms with Gasteiger partial charge >= 0.3 is 0 Å². The molecule has 3 rings (SSSR count). The van der Waals surface area contributed by atoms with Gasteiger partial charge in [0.05, 0.1) is 7.11 Å². The van der Waals surface area contributed by atoms with Crippen molar-refractivity contribution in [2.24, 2.45) is 0 Å². The second kappa shape index (κ2) is 6.46. The number of hydrogen-bond acceptors (Lipinski definition) is 4. The Morgan fingerprint density at radius 1 is 1.05 bits per heavy atom. The molecule has 2 fully saturated rings. The quantitative estimate of drug-likeness (QED) is 0.903. The lowest BCUT2D eigenvalue weighted by atomic mass is 10.1. The fourth-order valence-electron chi connectivity index (χ4n) is 2.67. The van der Waals surface area contributed by atoms with Gasteiger partial charge in [-0.25, -0.2) is 0 Å². The first-order valence-electron chi connectivity index (χ1n) is 6.70. The fraction of sp³-hybridized carbons (Fsp3) is 0.571. The van der Waals surface area contributed by atoms with Gasteiger partial charge in [-0.3, -0.25) is 4.90 Å². The number of ether oxygens (including phenoxy) is 1. The summed E-state index contributed by atoms with van der Waals surface area (Å²) in [6.07, 6.45) is 0. The lowest BCUT2D eigenvalue weighted by Crippen LogP contribution is -2.61. The van der Waals surface area contributed by atoms with Gasteiger partial charge in [-0.1, -0.05) is 0 Å². The standard InChI is InChI=1S/C14H21N3O.ClH/c1-18-14-4-2-12(3-5-14)16-6-8-17(9-7-16)13-10-15-11-13;/h2-5,13,15H,6-11H2,1H3;1H. The summed E-state index contributed by atoms with van der Waals surface area (Å²) in [7, 11) is 1.71. The second-order valence-corrected chi connectivity index (χ2v) is 5.03. The van der Waals surface area contributed by atoms with Crippen molar-refractivity contribution in [2.45, 2.75) is 6.04 Å². The summed E-state index contributed by atoms with van der Waals surface area (Å²) >= 11 is 0. The maximum Gasteiger partial charge on any atom is 0.119 e. The van der Waals surface area contributed by atoms with E-state index in [1.165, 1.54) is 31.9 Å². The Bertz CT molecular complexity index is 386. The van der Waals surface area contributed by atoms with Crippen LogP contribution in [0.1, 0.15) is 0 Å². The van der Waals surface area contributed by atoms with E-state index >= 15 is 0 Å². The van der Waals surface area contributed by atoms with Gasteiger partial charge in [0.1, 0.15) is 5.75 Å². The topological polar surface area (TPSA) is 27.7 Å². The average molecular weight is 284 g/mol.